The van der Waals surface area contributed by atoms with E-state index >= 15 is 0 Å². The molecule has 1 aliphatic heterocycles. The zero-order valence-electron chi connectivity index (χ0n) is 9.87. The Bertz CT molecular complexity index is 427. The number of nitrogens with zero attached hydrogens (tertiary/aromatic N) is 1. The Kier molecular flexibility index (Phi) is 3.47. The minimum absolute atomic E-state index is 0.0296. The number of hydrogen-bond donors (Lipinski definition) is 2. The SMILES string of the molecule is CC(C)(N)CN1CC(c2ccc(Br)s2)NC1=O. The third-order valence-electron chi connectivity index (χ3n) is 2.52. The number of nitrogens with two attached hydrogens (primary N) is 1. The zero-order valence-corrected chi connectivity index (χ0v) is 12.3. The lowest BCUT2D eigenvalue weighted by atomic mass is 10.1. The average molecular weight is 318 g/mol. The monoisotopic (exact) mass is 317 g/mol. The molecule has 1 aliphatic rings. The Morgan fingerprint density at radius 1 is 1.65 bits per heavy atom. The second kappa shape index (κ2) is 4.59. The first-order valence-corrected chi connectivity index (χ1v) is 7.06. The molecule has 4 nitrogen and oxygen atoms in total. The Balaban J connectivity index is 2.04. The van der Waals surface area contributed by atoms with E-state index in [-0.39, 0.29) is 17.6 Å². The van der Waals surface area contributed by atoms with Crippen LogP contribution in [0.5, 0.6) is 0 Å². The van der Waals surface area contributed by atoms with Gasteiger partial charge >= 0.3 is 6.03 Å². The first kappa shape index (κ1) is 12.9. The van der Waals surface area contributed by atoms with Gasteiger partial charge in [-0.3, -0.25) is 0 Å². The number of nitrogens with one attached hydrogen (secondary N) is 1. The summed E-state index contributed by atoms with van der Waals surface area (Å²) in [7, 11) is 0. The van der Waals surface area contributed by atoms with Crippen LogP contribution in [0.4, 0.5) is 4.79 Å². The van der Waals surface area contributed by atoms with Gasteiger partial charge in [-0.25, -0.2) is 4.79 Å². The molecule has 1 unspecified atom stereocenters. The number of amides is 2. The molecule has 0 aromatic carbocycles. The molecule has 0 spiro atoms. The number of thiophene rings is 1. The van der Waals surface area contributed by atoms with Crippen LogP contribution in [-0.4, -0.2) is 29.6 Å². The maximum absolute atomic E-state index is 11.8. The first-order valence-electron chi connectivity index (χ1n) is 5.45. The van der Waals surface area contributed by atoms with E-state index < -0.39 is 0 Å². The highest BCUT2D eigenvalue weighted by Gasteiger charge is 2.32. The van der Waals surface area contributed by atoms with Gasteiger partial charge < -0.3 is 16.0 Å². The van der Waals surface area contributed by atoms with E-state index in [4.69, 9.17) is 5.73 Å². The van der Waals surface area contributed by atoms with Crippen LogP contribution in [0.25, 0.3) is 0 Å². The maximum Gasteiger partial charge on any atom is 0.318 e. The number of hydrogen-bond acceptors (Lipinski definition) is 3. The van der Waals surface area contributed by atoms with Crippen molar-refractivity contribution in [3.05, 3.63) is 20.8 Å². The second-order valence-electron chi connectivity index (χ2n) is 5.01. The molecule has 2 rings (SSSR count). The smallest absolute Gasteiger partial charge is 0.318 e. The van der Waals surface area contributed by atoms with Crippen LogP contribution in [0, 0.1) is 0 Å². The van der Waals surface area contributed by atoms with Crippen LogP contribution < -0.4 is 11.1 Å². The highest BCUT2D eigenvalue weighted by atomic mass is 79.9. The van der Waals surface area contributed by atoms with Gasteiger partial charge in [0.2, 0.25) is 0 Å². The highest BCUT2D eigenvalue weighted by Crippen LogP contribution is 2.30. The Morgan fingerprint density at radius 3 is 2.88 bits per heavy atom. The van der Waals surface area contributed by atoms with Crippen molar-refractivity contribution >= 4 is 33.3 Å². The molecule has 17 heavy (non-hydrogen) atoms. The average Bonchev–Trinajstić information content (AvgIpc) is 2.72. The van der Waals surface area contributed by atoms with E-state index in [0.717, 1.165) is 3.79 Å². The van der Waals surface area contributed by atoms with Crippen LogP contribution in [0.15, 0.2) is 15.9 Å². The number of halogens is 1. The summed E-state index contributed by atoms with van der Waals surface area (Å²) in [5.74, 6) is 0. The molecule has 3 N–H and O–H groups in total. The van der Waals surface area contributed by atoms with E-state index in [2.05, 4.69) is 21.2 Å². The van der Waals surface area contributed by atoms with Crippen molar-refractivity contribution in [2.45, 2.75) is 25.4 Å². The van der Waals surface area contributed by atoms with Crippen molar-refractivity contribution in [2.75, 3.05) is 13.1 Å². The fourth-order valence-corrected chi connectivity index (χ4v) is 3.36. The van der Waals surface area contributed by atoms with E-state index in [1.165, 1.54) is 4.88 Å². The summed E-state index contributed by atoms with van der Waals surface area (Å²) in [5, 5.41) is 2.98. The van der Waals surface area contributed by atoms with Gasteiger partial charge in [-0.1, -0.05) is 0 Å². The topological polar surface area (TPSA) is 58.4 Å². The van der Waals surface area contributed by atoms with Crippen molar-refractivity contribution in [1.29, 1.82) is 0 Å². The molecule has 1 aromatic heterocycles. The molecule has 6 heteroatoms. The lowest BCUT2D eigenvalue weighted by Crippen LogP contribution is -2.46. The van der Waals surface area contributed by atoms with Gasteiger partial charge in [0.05, 0.1) is 9.83 Å². The van der Waals surface area contributed by atoms with Gasteiger partial charge in [-0.05, 0) is 41.9 Å². The van der Waals surface area contributed by atoms with Crippen LogP contribution in [0.1, 0.15) is 24.8 Å². The number of carbonyl (C=O) groups excluding carboxylic acids is 1. The molecule has 0 bridgehead atoms. The Morgan fingerprint density at radius 2 is 2.35 bits per heavy atom. The van der Waals surface area contributed by atoms with Gasteiger partial charge in [0, 0.05) is 23.5 Å². The minimum Gasteiger partial charge on any atom is -0.329 e. The normalized spacial score (nSPS) is 20.8. The van der Waals surface area contributed by atoms with Gasteiger partial charge in [0.25, 0.3) is 0 Å². The lowest BCUT2D eigenvalue weighted by molar-refractivity contribution is 0.207. The fraction of sp³-hybridized carbons (Fsp3) is 0.545. The van der Waals surface area contributed by atoms with Crippen LogP contribution in [0.2, 0.25) is 0 Å². The van der Waals surface area contributed by atoms with E-state index in [0.29, 0.717) is 13.1 Å². The van der Waals surface area contributed by atoms with Crippen molar-refractivity contribution in [3.8, 4) is 0 Å². The number of rotatable bonds is 3. The summed E-state index contributed by atoms with van der Waals surface area (Å²) in [6.45, 7) is 5.11. The van der Waals surface area contributed by atoms with Crippen molar-refractivity contribution in [2.24, 2.45) is 5.73 Å². The second-order valence-corrected chi connectivity index (χ2v) is 7.51. The van der Waals surface area contributed by atoms with Crippen LogP contribution >= 0.6 is 27.3 Å². The maximum atomic E-state index is 11.8. The van der Waals surface area contributed by atoms with Gasteiger partial charge in [-0.15, -0.1) is 11.3 Å². The van der Waals surface area contributed by atoms with Crippen LogP contribution in [0.3, 0.4) is 0 Å². The third-order valence-corrected chi connectivity index (χ3v) is 4.26. The molecule has 1 aromatic rings. The molecule has 1 fully saturated rings. The Hall–Kier alpha value is -0.590. The molecule has 1 saturated heterocycles. The van der Waals surface area contributed by atoms with E-state index in [1.54, 1.807) is 16.2 Å². The van der Waals surface area contributed by atoms with Gasteiger partial charge in [0.1, 0.15) is 0 Å². The molecular weight excluding hydrogens is 302 g/mol. The molecule has 0 aliphatic carbocycles. The minimum atomic E-state index is -0.359. The Labute approximate surface area is 113 Å². The molecule has 0 radical (unpaired) electrons. The molecule has 2 heterocycles. The molecule has 2 amide bonds. The highest BCUT2D eigenvalue weighted by molar-refractivity contribution is 9.11. The fourth-order valence-electron chi connectivity index (χ4n) is 1.89. The summed E-state index contributed by atoms with van der Waals surface area (Å²) in [6, 6.07) is 4.09. The molecule has 0 saturated carbocycles. The van der Waals surface area contributed by atoms with E-state index in [1.807, 2.05) is 26.0 Å². The molecule has 1 atom stereocenters. The van der Waals surface area contributed by atoms with Crippen LogP contribution in [-0.2, 0) is 0 Å². The van der Waals surface area contributed by atoms with Crippen molar-refractivity contribution in [1.82, 2.24) is 10.2 Å². The summed E-state index contributed by atoms with van der Waals surface area (Å²) >= 11 is 5.08. The molecule has 94 valence electrons. The van der Waals surface area contributed by atoms with Gasteiger partial charge in [0.15, 0.2) is 0 Å². The third kappa shape index (κ3) is 3.20. The quantitative estimate of drug-likeness (QED) is 0.898. The van der Waals surface area contributed by atoms with E-state index in [9.17, 15) is 4.79 Å². The standard InChI is InChI=1S/C11H16BrN3OS/c1-11(2,13)6-15-5-7(14-10(15)16)8-3-4-9(12)17-8/h3-4,7H,5-6,13H2,1-2H3,(H,14,16). The zero-order chi connectivity index (χ0) is 12.6. The predicted octanol–water partition coefficient (Wildman–Crippen LogP) is 2.31. The first-order chi connectivity index (χ1) is 7.85. The summed E-state index contributed by atoms with van der Waals surface area (Å²) in [5.41, 5.74) is 5.58. The summed E-state index contributed by atoms with van der Waals surface area (Å²) < 4.78 is 1.08. The predicted molar refractivity (Wildman–Crippen MR) is 73.1 cm³/mol. The van der Waals surface area contributed by atoms with Gasteiger partial charge in [-0.2, -0.15) is 0 Å². The van der Waals surface area contributed by atoms with Crippen molar-refractivity contribution in [3.63, 3.8) is 0 Å². The number of carbonyl (C=O) groups is 1. The number of urea groups is 1. The largest absolute Gasteiger partial charge is 0.329 e. The summed E-state index contributed by atoms with van der Waals surface area (Å²) in [4.78, 5) is 14.7. The van der Waals surface area contributed by atoms with Crippen molar-refractivity contribution < 1.29 is 4.79 Å². The molecular formula is C11H16BrN3OS. The lowest BCUT2D eigenvalue weighted by Gasteiger charge is -2.25. The summed E-state index contributed by atoms with van der Waals surface area (Å²) in [6.07, 6.45) is 0.